The smallest absolute Gasteiger partial charge is 0.261 e. The quantitative estimate of drug-likeness (QED) is 0.177. The predicted octanol–water partition coefficient (Wildman–Crippen LogP) is 6.42. The first-order valence-corrected chi connectivity index (χ1v) is 16.7. The van der Waals surface area contributed by atoms with Gasteiger partial charge in [0.2, 0.25) is 0 Å². The maximum absolute atomic E-state index is 13.8. The number of ether oxygens (including phenoxy) is 1. The monoisotopic (exact) mass is 642 g/mol. The molecule has 224 valence electrons. The zero-order valence-corrected chi connectivity index (χ0v) is 26.8. The van der Waals surface area contributed by atoms with Crippen LogP contribution in [0.3, 0.4) is 0 Å². The summed E-state index contributed by atoms with van der Waals surface area (Å²) >= 11 is 4.30. The van der Waals surface area contributed by atoms with E-state index in [-0.39, 0.29) is 30.2 Å². The molecular formula is C32H30N6O3S3. The van der Waals surface area contributed by atoms with Gasteiger partial charge in [0.15, 0.2) is 11.0 Å². The van der Waals surface area contributed by atoms with Crippen molar-refractivity contribution >= 4 is 52.0 Å². The fourth-order valence-electron chi connectivity index (χ4n) is 4.97. The molecule has 0 aliphatic carbocycles. The molecule has 9 nitrogen and oxygen atoms in total. The molecule has 4 heterocycles. The molecule has 1 aliphatic heterocycles. The lowest BCUT2D eigenvalue weighted by molar-refractivity contribution is -0.130. The largest absolute Gasteiger partial charge is 0.497 e. The van der Waals surface area contributed by atoms with Crippen LogP contribution in [0.15, 0.2) is 87.7 Å². The second-order valence-corrected chi connectivity index (χ2v) is 13.1. The molecule has 6 rings (SSSR count). The van der Waals surface area contributed by atoms with Crippen molar-refractivity contribution in [3.8, 4) is 11.4 Å². The zero-order chi connectivity index (χ0) is 30.6. The number of amides is 2. The summed E-state index contributed by atoms with van der Waals surface area (Å²) in [5.41, 5.74) is 4.89. The van der Waals surface area contributed by atoms with Crippen LogP contribution in [0.25, 0.3) is 5.69 Å². The summed E-state index contributed by atoms with van der Waals surface area (Å²) in [6, 6.07) is 21.4. The minimum Gasteiger partial charge on any atom is -0.497 e. The topological polar surface area (TPSA) is 102 Å². The van der Waals surface area contributed by atoms with Gasteiger partial charge in [-0.15, -0.1) is 32.9 Å². The molecular weight excluding hydrogens is 613 g/mol. The van der Waals surface area contributed by atoms with Crippen molar-refractivity contribution in [3.63, 3.8) is 0 Å². The van der Waals surface area contributed by atoms with Crippen LogP contribution in [0.5, 0.6) is 5.75 Å². The van der Waals surface area contributed by atoms with Gasteiger partial charge in [-0.2, -0.15) is 5.10 Å². The van der Waals surface area contributed by atoms with Crippen LogP contribution in [-0.2, 0) is 11.3 Å². The normalized spacial score (nSPS) is 14.5. The third kappa shape index (κ3) is 6.33. The molecule has 0 saturated heterocycles. The number of thioether (sulfide) groups is 1. The minimum absolute atomic E-state index is 0.110. The highest BCUT2D eigenvalue weighted by atomic mass is 32.2. The first-order chi connectivity index (χ1) is 21.4. The molecule has 0 fully saturated rings. The minimum atomic E-state index is -0.231. The van der Waals surface area contributed by atoms with Crippen LogP contribution in [0, 0.1) is 13.8 Å². The fraction of sp³-hybridized carbons (Fsp3) is 0.219. The average molecular weight is 643 g/mol. The number of nitrogens with one attached hydrogen (secondary N) is 1. The first-order valence-electron chi connectivity index (χ1n) is 13.9. The number of aromatic nitrogens is 3. The molecule has 0 unspecified atom stereocenters. The standard InChI is InChI=1S/C32H30N6O3S3/c1-20-8-9-21(2)25(16-20)37-29(18-33-31(40)28-7-5-15-43-28)34-35-32(37)44-19-30(39)38-26(22-10-12-23(41-3)13-11-22)17-24(36-38)27-6-4-14-42-27/h4-16,26H,17-19H2,1-3H3,(H,33,40)/t26-/m1/s1. The Hall–Kier alpha value is -4.26. The fourth-order valence-corrected chi connectivity index (χ4v) is 7.15. The van der Waals surface area contributed by atoms with Crippen LogP contribution < -0.4 is 10.1 Å². The number of methoxy groups -OCH3 is 1. The van der Waals surface area contributed by atoms with E-state index >= 15 is 0 Å². The van der Waals surface area contributed by atoms with Gasteiger partial charge < -0.3 is 10.1 Å². The van der Waals surface area contributed by atoms with Crippen LogP contribution >= 0.6 is 34.4 Å². The SMILES string of the molecule is COc1ccc([C@H]2CC(c3cccs3)=NN2C(=O)CSc2nnc(CNC(=O)c3cccs3)n2-c2cc(C)ccc2C)cc1. The van der Waals surface area contributed by atoms with Crippen molar-refractivity contribution in [3.05, 3.63) is 110 Å². The average Bonchev–Trinajstić information content (AvgIpc) is 3.86. The van der Waals surface area contributed by atoms with Crippen molar-refractivity contribution in [1.82, 2.24) is 25.1 Å². The van der Waals surface area contributed by atoms with Gasteiger partial charge in [-0.1, -0.05) is 48.2 Å². The number of carbonyl (C=O) groups excluding carboxylic acids is 2. The summed E-state index contributed by atoms with van der Waals surface area (Å²) in [4.78, 5) is 28.2. The number of benzene rings is 2. The Bertz CT molecular complexity index is 1800. The Balaban J connectivity index is 1.26. The van der Waals surface area contributed by atoms with Crippen molar-refractivity contribution in [2.24, 2.45) is 5.10 Å². The number of aryl methyl sites for hydroxylation is 2. The summed E-state index contributed by atoms with van der Waals surface area (Å²) in [5.74, 6) is 1.14. The molecule has 3 aromatic heterocycles. The van der Waals surface area contributed by atoms with E-state index in [1.54, 1.807) is 29.5 Å². The first kappa shape index (κ1) is 29.8. The molecule has 2 aromatic carbocycles. The summed E-state index contributed by atoms with van der Waals surface area (Å²) in [5, 5.41) is 22.7. The number of rotatable bonds is 10. The van der Waals surface area contributed by atoms with Gasteiger partial charge >= 0.3 is 0 Å². The summed E-state index contributed by atoms with van der Waals surface area (Å²) in [6.45, 7) is 4.23. The maximum atomic E-state index is 13.8. The van der Waals surface area contributed by atoms with Crippen molar-refractivity contribution in [2.75, 3.05) is 12.9 Å². The molecule has 44 heavy (non-hydrogen) atoms. The molecule has 0 bridgehead atoms. The highest BCUT2D eigenvalue weighted by molar-refractivity contribution is 7.99. The summed E-state index contributed by atoms with van der Waals surface area (Å²) in [6.07, 6.45) is 0.621. The predicted molar refractivity (Wildman–Crippen MR) is 175 cm³/mol. The molecule has 2 amide bonds. The molecule has 0 radical (unpaired) electrons. The summed E-state index contributed by atoms with van der Waals surface area (Å²) < 4.78 is 7.27. The van der Waals surface area contributed by atoms with Crippen molar-refractivity contribution in [2.45, 2.75) is 38.0 Å². The molecule has 12 heteroatoms. The van der Waals surface area contributed by atoms with E-state index in [4.69, 9.17) is 9.84 Å². The Morgan fingerprint density at radius 2 is 1.82 bits per heavy atom. The number of thiophene rings is 2. The van der Waals surface area contributed by atoms with Gasteiger partial charge in [0, 0.05) is 6.42 Å². The number of carbonyl (C=O) groups is 2. The third-order valence-corrected chi connectivity index (χ3v) is 9.96. The second-order valence-electron chi connectivity index (χ2n) is 10.2. The van der Waals surface area contributed by atoms with Gasteiger partial charge in [-0.3, -0.25) is 14.2 Å². The molecule has 0 spiro atoms. The summed E-state index contributed by atoms with van der Waals surface area (Å²) in [7, 11) is 1.63. The lowest BCUT2D eigenvalue weighted by Gasteiger charge is -2.22. The third-order valence-electron chi connectivity index (χ3n) is 7.25. The van der Waals surface area contributed by atoms with Gasteiger partial charge in [0.1, 0.15) is 5.75 Å². The lowest BCUT2D eigenvalue weighted by Crippen LogP contribution is -2.28. The number of nitrogens with zero attached hydrogens (tertiary/aromatic N) is 5. The molecule has 1 aliphatic rings. The van der Waals surface area contributed by atoms with E-state index < -0.39 is 0 Å². The van der Waals surface area contributed by atoms with Crippen molar-refractivity contribution in [1.29, 1.82) is 0 Å². The number of hydrogen-bond donors (Lipinski definition) is 1. The Morgan fingerprint density at radius 1 is 1.02 bits per heavy atom. The van der Waals surface area contributed by atoms with E-state index in [9.17, 15) is 9.59 Å². The zero-order valence-electron chi connectivity index (χ0n) is 24.4. The molecule has 0 saturated carbocycles. The van der Waals surface area contributed by atoms with Crippen LogP contribution in [0.4, 0.5) is 0 Å². The van der Waals surface area contributed by atoms with E-state index in [0.717, 1.165) is 38.7 Å². The molecule has 1 N–H and O–H groups in total. The van der Waals surface area contributed by atoms with Crippen molar-refractivity contribution < 1.29 is 14.3 Å². The van der Waals surface area contributed by atoms with Gasteiger partial charge in [0.25, 0.3) is 11.8 Å². The van der Waals surface area contributed by atoms with E-state index in [0.29, 0.717) is 22.3 Å². The van der Waals surface area contributed by atoms with Crippen LogP contribution in [0.2, 0.25) is 0 Å². The Morgan fingerprint density at radius 3 is 2.55 bits per heavy atom. The highest BCUT2D eigenvalue weighted by Gasteiger charge is 2.34. The number of hydrazone groups is 1. The van der Waals surface area contributed by atoms with Gasteiger partial charge in [0.05, 0.1) is 46.6 Å². The Kier molecular flexibility index (Phi) is 8.91. The van der Waals surface area contributed by atoms with Gasteiger partial charge in [-0.05, 0) is 71.6 Å². The number of hydrogen-bond acceptors (Lipinski definition) is 9. The van der Waals surface area contributed by atoms with Gasteiger partial charge in [-0.25, -0.2) is 5.01 Å². The molecule has 1 atom stereocenters. The van der Waals surface area contributed by atoms with Crippen LogP contribution in [0.1, 0.15) is 49.5 Å². The van der Waals surface area contributed by atoms with E-state index in [2.05, 4.69) is 21.6 Å². The highest BCUT2D eigenvalue weighted by Crippen LogP contribution is 2.35. The second kappa shape index (κ2) is 13.2. The molecule has 5 aromatic rings. The van der Waals surface area contributed by atoms with E-state index in [1.165, 1.54) is 23.1 Å². The van der Waals surface area contributed by atoms with E-state index in [1.807, 2.05) is 83.8 Å². The van der Waals surface area contributed by atoms with Crippen LogP contribution in [-0.4, -0.2) is 50.2 Å². The maximum Gasteiger partial charge on any atom is 0.261 e. The lowest BCUT2D eigenvalue weighted by atomic mass is 10.0. The Labute approximate surface area is 267 Å².